The van der Waals surface area contributed by atoms with E-state index in [4.69, 9.17) is 16.0 Å². The summed E-state index contributed by atoms with van der Waals surface area (Å²) in [6, 6.07) is 0. The molecule has 0 N–H and O–H groups in total. The van der Waals surface area contributed by atoms with E-state index >= 15 is 0 Å². The fourth-order valence-electron chi connectivity index (χ4n) is 0. The molecule has 8 heavy (non-hydrogen) atoms. The van der Waals surface area contributed by atoms with Crippen molar-refractivity contribution in [3.8, 4) is 0 Å². The monoisotopic (exact) mass is 460 g/mol. The minimum atomic E-state index is -5.88. The van der Waals surface area contributed by atoms with Crippen LogP contribution >= 0.6 is 0 Å². The summed E-state index contributed by atoms with van der Waals surface area (Å²) in [6.45, 7) is 0. The van der Waals surface area contributed by atoms with Crippen LogP contribution < -0.4 is 12.3 Å². The van der Waals surface area contributed by atoms with Crippen LogP contribution in [0.25, 0.3) is 0 Å². The van der Waals surface area contributed by atoms with Gasteiger partial charge in [0, 0.05) is 0 Å². The van der Waals surface area contributed by atoms with Crippen molar-refractivity contribution in [1.82, 2.24) is 0 Å². The Morgan fingerprint density at radius 3 is 0.875 bits per heavy atom. The Morgan fingerprint density at radius 1 is 0.875 bits per heavy atom. The summed E-state index contributed by atoms with van der Waals surface area (Å²) in [5.41, 5.74) is 0. The van der Waals surface area contributed by atoms with Crippen molar-refractivity contribution in [2.45, 2.75) is 0 Å². The van der Waals surface area contributed by atoms with Crippen LogP contribution in [0.5, 0.6) is 0 Å². The average molecular weight is 463 g/mol. The number of hydrogen-bond acceptors (Lipinski definition) is 4. The van der Waals surface area contributed by atoms with E-state index in [1.807, 2.05) is 0 Å². The molecule has 0 bridgehead atoms. The van der Waals surface area contributed by atoms with Gasteiger partial charge < -0.3 is 0 Å². The smallest absolute Gasteiger partial charge is 1.00 e. The normalized spacial score (nSPS) is 7.38. The summed E-state index contributed by atoms with van der Waals surface area (Å²) in [5, 5.41) is 0. The Labute approximate surface area is 96.3 Å². The molecule has 0 spiro atoms. The van der Waals surface area contributed by atoms with Crippen molar-refractivity contribution in [1.29, 1.82) is 0 Å². The first-order valence-corrected chi connectivity index (χ1v) is 3.79. The number of hydrogen-bond donors (Lipinski definition) is 0. The van der Waals surface area contributed by atoms with Gasteiger partial charge >= 0.3 is 97.7 Å². The molecule has 0 saturated carbocycles. The van der Waals surface area contributed by atoms with Crippen LogP contribution in [0, 0.1) is 0 Å². The standard InChI is InChI=1S/3Ag.AsH3O4/c;;;2-1(3,4)5/h;;;(H3,2,3,4,5)/q3*+1;/p-3. The largest absolute Gasteiger partial charge is 1.00 e. The summed E-state index contributed by atoms with van der Waals surface area (Å²) >= 11 is -5.88. The van der Waals surface area contributed by atoms with E-state index < -0.39 is 14.5 Å². The average Bonchev–Trinajstić information content (AvgIpc) is 0.722. The van der Waals surface area contributed by atoms with E-state index in [-0.39, 0.29) is 67.1 Å². The summed E-state index contributed by atoms with van der Waals surface area (Å²) < 4.78 is 34.4. The van der Waals surface area contributed by atoms with Crippen LogP contribution in [0.15, 0.2) is 0 Å². The first-order chi connectivity index (χ1) is 2.00. The van der Waals surface area contributed by atoms with E-state index in [1.165, 1.54) is 0 Å². The van der Waals surface area contributed by atoms with Crippen molar-refractivity contribution in [2.75, 3.05) is 0 Å². The third kappa shape index (κ3) is 77.8. The molecular formula is Ag3AsO4. The van der Waals surface area contributed by atoms with Gasteiger partial charge in [-0.1, -0.05) is 0 Å². The summed E-state index contributed by atoms with van der Waals surface area (Å²) in [6.07, 6.45) is 0. The second-order valence-corrected chi connectivity index (χ2v) is 2.32. The van der Waals surface area contributed by atoms with E-state index in [9.17, 15) is 0 Å². The molecule has 0 aromatic rings. The Kier molecular flexibility index (Phi) is 26.5. The van der Waals surface area contributed by atoms with Crippen LogP contribution in [-0.4, -0.2) is 14.5 Å². The molecule has 0 aliphatic carbocycles. The summed E-state index contributed by atoms with van der Waals surface area (Å²) in [7, 11) is 0. The van der Waals surface area contributed by atoms with Crippen molar-refractivity contribution in [2.24, 2.45) is 0 Å². The Morgan fingerprint density at radius 2 is 0.875 bits per heavy atom. The van der Waals surface area contributed by atoms with Gasteiger partial charge in [0.05, 0.1) is 0 Å². The predicted molar refractivity (Wildman–Crippen MR) is 6.44 cm³/mol. The van der Waals surface area contributed by atoms with E-state index in [2.05, 4.69) is 0 Å². The van der Waals surface area contributed by atoms with Gasteiger partial charge in [0.25, 0.3) is 0 Å². The van der Waals surface area contributed by atoms with Gasteiger partial charge in [0.1, 0.15) is 0 Å². The fourth-order valence-corrected chi connectivity index (χ4v) is 0. The van der Waals surface area contributed by atoms with Gasteiger partial charge in [-0.15, -0.1) is 0 Å². The fraction of sp³-hybridized carbons (Fsp3) is 0. The summed E-state index contributed by atoms with van der Waals surface area (Å²) in [5.74, 6) is 0. The van der Waals surface area contributed by atoms with Crippen LogP contribution in [-0.2, 0) is 70.9 Å². The van der Waals surface area contributed by atoms with Gasteiger partial charge in [0.2, 0.25) is 0 Å². The molecule has 0 fully saturated rings. The zero-order chi connectivity index (χ0) is 4.50. The second kappa shape index (κ2) is 9.46. The topological polar surface area (TPSA) is 86.2 Å². The molecule has 0 heterocycles. The Balaban J connectivity index is -0.0000000267. The SMILES string of the molecule is O=[As]([O-])([O-])[O-].[Ag+].[Ag+].[Ag+]. The molecule has 62 valence electrons. The molecule has 0 atom stereocenters. The molecule has 0 aromatic carbocycles. The second-order valence-electron chi connectivity index (χ2n) is 0.447. The van der Waals surface area contributed by atoms with Crippen molar-refractivity contribution in [3.05, 3.63) is 0 Å². The molecule has 0 aromatic heterocycles. The van der Waals surface area contributed by atoms with Crippen LogP contribution in [0.1, 0.15) is 0 Å². The van der Waals surface area contributed by atoms with Gasteiger partial charge in [-0.2, -0.15) is 0 Å². The molecule has 0 aliphatic rings. The minimum absolute atomic E-state index is 0. The molecule has 0 amide bonds. The molecular weight excluding hydrogens is 463 g/mol. The van der Waals surface area contributed by atoms with Gasteiger partial charge in [-0.3, -0.25) is 0 Å². The first-order valence-electron chi connectivity index (χ1n) is 0.730. The summed E-state index contributed by atoms with van der Waals surface area (Å²) in [4.78, 5) is 0. The molecule has 0 rings (SSSR count). The Bertz CT molecular complexity index is 57.4. The third-order valence-corrected chi connectivity index (χ3v) is 0. The van der Waals surface area contributed by atoms with Crippen LogP contribution in [0.4, 0.5) is 0 Å². The van der Waals surface area contributed by atoms with Crippen LogP contribution in [0.3, 0.4) is 0 Å². The minimum Gasteiger partial charge on any atom is 1.00 e. The number of rotatable bonds is 0. The van der Waals surface area contributed by atoms with Crippen molar-refractivity contribution >= 4 is 14.5 Å². The maximum Gasteiger partial charge on any atom is 1.00 e. The predicted octanol–water partition coefficient (Wildman–Crippen LogP) is -4.07. The van der Waals surface area contributed by atoms with Crippen molar-refractivity contribution < 1.29 is 83.2 Å². The van der Waals surface area contributed by atoms with Crippen molar-refractivity contribution in [3.63, 3.8) is 0 Å². The maximum atomic E-state index is 8.61. The van der Waals surface area contributed by atoms with Gasteiger partial charge in [0.15, 0.2) is 0 Å². The zero-order valence-corrected chi connectivity index (χ0v) is 9.31. The molecule has 8 heteroatoms. The first kappa shape index (κ1) is 22.4. The molecule has 0 saturated heterocycles. The van der Waals surface area contributed by atoms with Gasteiger partial charge in [-0.25, -0.2) is 0 Å². The van der Waals surface area contributed by atoms with Gasteiger partial charge in [-0.05, 0) is 0 Å². The maximum absolute atomic E-state index is 8.61. The quantitative estimate of drug-likeness (QED) is 0.343. The molecule has 4 nitrogen and oxygen atoms in total. The van der Waals surface area contributed by atoms with E-state index in [0.29, 0.717) is 0 Å². The Hall–Kier alpha value is 2.46. The molecule has 0 radical (unpaired) electrons. The van der Waals surface area contributed by atoms with Crippen LogP contribution in [0.2, 0.25) is 0 Å². The molecule has 0 unspecified atom stereocenters. The third-order valence-electron chi connectivity index (χ3n) is 0. The molecule has 0 aliphatic heterocycles. The van der Waals surface area contributed by atoms with E-state index in [1.54, 1.807) is 0 Å². The van der Waals surface area contributed by atoms with E-state index in [0.717, 1.165) is 0 Å². The zero-order valence-electron chi connectivity index (χ0n) is 2.98.